The molecule has 6 heteroatoms. The zero-order valence-electron chi connectivity index (χ0n) is 16.6. The molecular weight excluding hydrogens is 397 g/mol. The second kappa shape index (κ2) is 9.26. The van der Waals surface area contributed by atoms with Gasteiger partial charge in [-0.25, -0.2) is 14.1 Å². The molecule has 0 bridgehead atoms. The molecule has 3 aromatic rings. The molecule has 0 aromatic heterocycles. The van der Waals surface area contributed by atoms with Gasteiger partial charge in [0, 0.05) is 17.7 Å². The van der Waals surface area contributed by atoms with Gasteiger partial charge in [-0.3, -0.25) is 4.79 Å². The lowest BCUT2D eigenvalue weighted by molar-refractivity contribution is -0.124. The van der Waals surface area contributed by atoms with Crippen molar-refractivity contribution in [1.82, 2.24) is 4.90 Å². The summed E-state index contributed by atoms with van der Waals surface area (Å²) in [5, 5.41) is 0. The molecule has 2 amide bonds. The Kier molecular flexibility index (Phi) is 6.08. The standard InChI is InChI=1S/C25H20FNO4/c26-22-15-21(30-16-18-7-3-1-4-8-18)13-11-19(22)12-14-24(28)27-23(17-31-25(27)29)20-9-5-2-6-10-20/h1-15,23H,16-17H2. The van der Waals surface area contributed by atoms with E-state index in [1.165, 1.54) is 24.3 Å². The number of rotatable bonds is 6. The van der Waals surface area contributed by atoms with Crippen LogP contribution in [0.3, 0.4) is 0 Å². The van der Waals surface area contributed by atoms with E-state index in [9.17, 15) is 14.0 Å². The summed E-state index contributed by atoms with van der Waals surface area (Å²) in [4.78, 5) is 25.8. The summed E-state index contributed by atoms with van der Waals surface area (Å²) in [6.45, 7) is 0.413. The molecule has 1 unspecified atom stereocenters. The van der Waals surface area contributed by atoms with Crippen LogP contribution in [0.25, 0.3) is 6.08 Å². The quantitative estimate of drug-likeness (QED) is 0.521. The molecule has 0 aliphatic carbocycles. The lowest BCUT2D eigenvalue weighted by Crippen LogP contribution is -2.32. The summed E-state index contributed by atoms with van der Waals surface area (Å²) in [7, 11) is 0. The van der Waals surface area contributed by atoms with Gasteiger partial charge in [-0.1, -0.05) is 60.7 Å². The third kappa shape index (κ3) is 4.80. The summed E-state index contributed by atoms with van der Waals surface area (Å²) in [5.41, 5.74) is 1.98. The number of halogens is 1. The maximum atomic E-state index is 14.5. The normalized spacial score (nSPS) is 15.8. The minimum Gasteiger partial charge on any atom is -0.489 e. The molecule has 1 fully saturated rings. The molecule has 0 N–H and O–H groups in total. The lowest BCUT2D eigenvalue weighted by atomic mass is 10.1. The minimum absolute atomic E-state index is 0.0875. The summed E-state index contributed by atoms with van der Waals surface area (Å²) in [5.74, 6) is -0.713. The van der Waals surface area contributed by atoms with Crippen LogP contribution in [0, 0.1) is 5.82 Å². The lowest BCUT2D eigenvalue weighted by Gasteiger charge is -2.18. The molecule has 156 valence electrons. The zero-order valence-corrected chi connectivity index (χ0v) is 16.6. The van der Waals surface area contributed by atoms with Gasteiger partial charge in [0.15, 0.2) is 0 Å². The van der Waals surface area contributed by atoms with Crippen molar-refractivity contribution in [3.63, 3.8) is 0 Å². The second-order valence-electron chi connectivity index (χ2n) is 7.00. The van der Waals surface area contributed by atoms with E-state index in [1.807, 2.05) is 60.7 Å². The minimum atomic E-state index is -0.714. The molecule has 3 aromatic carbocycles. The highest BCUT2D eigenvalue weighted by Gasteiger charge is 2.37. The van der Waals surface area contributed by atoms with Gasteiger partial charge < -0.3 is 9.47 Å². The summed E-state index contributed by atoms with van der Waals surface area (Å²) >= 11 is 0. The van der Waals surface area contributed by atoms with Gasteiger partial charge in [0.2, 0.25) is 0 Å². The van der Waals surface area contributed by atoms with Crippen molar-refractivity contribution in [3.8, 4) is 5.75 Å². The van der Waals surface area contributed by atoms with Gasteiger partial charge >= 0.3 is 6.09 Å². The third-order valence-corrected chi connectivity index (χ3v) is 4.92. The summed E-state index contributed by atoms with van der Waals surface area (Å²) in [6.07, 6.45) is 1.80. The van der Waals surface area contributed by atoms with Gasteiger partial charge in [0.25, 0.3) is 5.91 Å². The van der Waals surface area contributed by atoms with E-state index < -0.39 is 23.9 Å². The van der Waals surface area contributed by atoms with Crippen LogP contribution in [0.2, 0.25) is 0 Å². The van der Waals surface area contributed by atoms with Gasteiger partial charge in [0.1, 0.15) is 30.8 Å². The number of carbonyl (C=O) groups excluding carboxylic acids is 2. The van der Waals surface area contributed by atoms with E-state index in [0.717, 1.165) is 16.0 Å². The molecule has 1 saturated heterocycles. The Hall–Kier alpha value is -3.93. The van der Waals surface area contributed by atoms with E-state index >= 15 is 0 Å². The predicted octanol–water partition coefficient (Wildman–Crippen LogP) is 5.14. The summed E-state index contributed by atoms with van der Waals surface area (Å²) in [6, 6.07) is 22.6. The van der Waals surface area contributed by atoms with Crippen molar-refractivity contribution in [1.29, 1.82) is 0 Å². The Morgan fingerprint density at radius 1 is 1.06 bits per heavy atom. The molecule has 5 nitrogen and oxygen atoms in total. The van der Waals surface area contributed by atoms with Crippen molar-refractivity contribution < 1.29 is 23.5 Å². The summed E-state index contributed by atoms with van der Waals surface area (Å²) < 4.78 is 25.1. The highest BCUT2D eigenvalue weighted by molar-refractivity contribution is 6.02. The topological polar surface area (TPSA) is 55.8 Å². The van der Waals surface area contributed by atoms with E-state index in [0.29, 0.717) is 12.4 Å². The van der Waals surface area contributed by atoms with Crippen LogP contribution in [-0.2, 0) is 16.1 Å². The number of cyclic esters (lactones) is 1. The smallest absolute Gasteiger partial charge is 0.417 e. The first kappa shape index (κ1) is 20.3. The molecule has 1 aliphatic heterocycles. The van der Waals surface area contributed by atoms with Gasteiger partial charge in [-0.05, 0) is 29.3 Å². The number of carbonyl (C=O) groups is 2. The number of hydrogen-bond donors (Lipinski definition) is 0. The Morgan fingerprint density at radius 3 is 2.48 bits per heavy atom. The molecular formula is C25H20FNO4. The van der Waals surface area contributed by atoms with Gasteiger partial charge in [-0.2, -0.15) is 0 Å². The maximum Gasteiger partial charge on any atom is 0.417 e. The molecule has 1 aliphatic rings. The molecule has 1 atom stereocenters. The fourth-order valence-corrected chi connectivity index (χ4v) is 3.30. The van der Waals surface area contributed by atoms with Gasteiger partial charge in [0.05, 0.1) is 0 Å². The van der Waals surface area contributed by atoms with Gasteiger partial charge in [-0.15, -0.1) is 0 Å². The van der Waals surface area contributed by atoms with E-state index in [2.05, 4.69) is 0 Å². The SMILES string of the molecule is O=C(C=Cc1ccc(OCc2ccccc2)cc1F)N1C(=O)OCC1c1ccccc1. The van der Waals surface area contributed by atoms with Crippen LogP contribution in [-0.4, -0.2) is 23.5 Å². The number of hydrogen-bond acceptors (Lipinski definition) is 4. The van der Waals surface area contributed by atoms with Crippen LogP contribution in [0.5, 0.6) is 5.75 Å². The first-order chi connectivity index (χ1) is 15.1. The number of imide groups is 1. The van der Waals surface area contributed by atoms with Crippen molar-refractivity contribution >= 4 is 18.1 Å². The monoisotopic (exact) mass is 417 g/mol. The zero-order chi connectivity index (χ0) is 21.6. The first-order valence-corrected chi connectivity index (χ1v) is 9.81. The predicted molar refractivity (Wildman–Crippen MR) is 114 cm³/mol. The van der Waals surface area contributed by atoms with Crippen LogP contribution in [0.15, 0.2) is 84.9 Å². The fourth-order valence-electron chi connectivity index (χ4n) is 3.30. The average molecular weight is 417 g/mol. The van der Waals surface area contributed by atoms with Crippen molar-refractivity contribution in [2.45, 2.75) is 12.6 Å². The number of amides is 2. The molecule has 31 heavy (non-hydrogen) atoms. The Balaban J connectivity index is 1.43. The molecule has 0 spiro atoms. The first-order valence-electron chi connectivity index (χ1n) is 9.81. The number of nitrogens with zero attached hydrogens (tertiary/aromatic N) is 1. The average Bonchev–Trinajstić information content (AvgIpc) is 3.19. The highest BCUT2D eigenvalue weighted by Crippen LogP contribution is 2.28. The van der Waals surface area contributed by atoms with Crippen LogP contribution < -0.4 is 4.74 Å². The van der Waals surface area contributed by atoms with Crippen LogP contribution >= 0.6 is 0 Å². The highest BCUT2D eigenvalue weighted by atomic mass is 19.1. The maximum absolute atomic E-state index is 14.5. The molecule has 4 rings (SSSR count). The van der Waals surface area contributed by atoms with Crippen molar-refractivity contribution in [2.24, 2.45) is 0 Å². The Bertz CT molecular complexity index is 1100. The van der Waals surface area contributed by atoms with Crippen LogP contribution in [0.4, 0.5) is 9.18 Å². The Labute approximate surface area is 179 Å². The van der Waals surface area contributed by atoms with Crippen molar-refractivity contribution in [3.05, 3.63) is 107 Å². The fraction of sp³-hybridized carbons (Fsp3) is 0.120. The molecule has 0 saturated carbocycles. The largest absolute Gasteiger partial charge is 0.489 e. The van der Waals surface area contributed by atoms with E-state index in [-0.39, 0.29) is 12.2 Å². The Morgan fingerprint density at radius 2 is 1.77 bits per heavy atom. The van der Waals surface area contributed by atoms with Crippen LogP contribution in [0.1, 0.15) is 22.7 Å². The van der Waals surface area contributed by atoms with E-state index in [1.54, 1.807) is 6.07 Å². The number of benzene rings is 3. The second-order valence-corrected chi connectivity index (χ2v) is 7.00. The van der Waals surface area contributed by atoms with E-state index in [4.69, 9.17) is 9.47 Å². The number of ether oxygens (including phenoxy) is 2. The molecule has 0 radical (unpaired) electrons. The van der Waals surface area contributed by atoms with Crippen molar-refractivity contribution in [2.75, 3.05) is 6.61 Å². The third-order valence-electron chi connectivity index (χ3n) is 4.92. The molecule has 1 heterocycles.